The highest BCUT2D eigenvalue weighted by Crippen LogP contribution is 2.04. The van der Waals surface area contributed by atoms with Crippen LogP contribution in [0.4, 0.5) is 0 Å². The van der Waals surface area contributed by atoms with Crippen LogP contribution in [0, 0.1) is 0 Å². The van der Waals surface area contributed by atoms with Gasteiger partial charge in [0.2, 0.25) is 0 Å². The molecule has 4 heteroatoms. The van der Waals surface area contributed by atoms with E-state index >= 15 is 0 Å². The van der Waals surface area contributed by atoms with Gasteiger partial charge < -0.3 is 5.32 Å². The summed E-state index contributed by atoms with van der Waals surface area (Å²) in [7, 11) is -2.16. The van der Waals surface area contributed by atoms with Gasteiger partial charge in [-0.15, -0.1) is 0 Å². The van der Waals surface area contributed by atoms with E-state index in [0.29, 0.717) is 0 Å². The minimum atomic E-state index is -2.16. The lowest BCUT2D eigenvalue weighted by atomic mass is 10.2. The van der Waals surface area contributed by atoms with Crippen LogP contribution in [0.25, 0.3) is 0 Å². The number of nitrogens with one attached hydrogen (secondary N) is 1. The van der Waals surface area contributed by atoms with Crippen LogP contribution in [0.1, 0.15) is 12.8 Å². The van der Waals surface area contributed by atoms with Gasteiger partial charge in [-0.1, -0.05) is 0 Å². The summed E-state index contributed by atoms with van der Waals surface area (Å²) in [6, 6.07) is 0. The summed E-state index contributed by atoms with van der Waals surface area (Å²) in [6.45, 7) is 1.71. The molecule has 1 heterocycles. The molecule has 1 saturated heterocycles. The molecule has 1 aliphatic rings. The van der Waals surface area contributed by atoms with E-state index in [-0.39, 0.29) is 5.25 Å². The van der Waals surface area contributed by atoms with Crippen molar-refractivity contribution in [3.05, 3.63) is 0 Å². The zero-order valence-corrected chi connectivity index (χ0v) is 6.06. The van der Waals surface area contributed by atoms with E-state index in [4.69, 9.17) is 0 Å². The third-order valence-corrected chi connectivity index (χ3v) is 2.72. The molecule has 54 valence electrons. The van der Waals surface area contributed by atoms with Gasteiger partial charge in [0.15, 0.2) is 0 Å². The fourth-order valence-corrected chi connectivity index (χ4v) is 1.70. The minimum absolute atomic E-state index is 0.0544. The van der Waals surface area contributed by atoms with Crippen LogP contribution >= 0.6 is 0 Å². The van der Waals surface area contributed by atoms with Crippen LogP contribution in [-0.4, -0.2) is 26.8 Å². The molecule has 0 amide bonds. The second-order valence-corrected chi connectivity index (χ2v) is 3.57. The molecule has 0 unspecified atom stereocenters. The highest BCUT2D eigenvalue weighted by Gasteiger charge is 2.14. The number of hydrogen-bond acceptors (Lipinski definition) is 3. The molecule has 0 spiro atoms. The highest BCUT2D eigenvalue weighted by molar-refractivity contribution is 7.73. The number of rotatable bonds is 1. The maximum Gasteiger partial charge on any atom is 0.143 e. The molecule has 0 aromatic rings. The van der Waals surface area contributed by atoms with Crippen molar-refractivity contribution in [2.45, 2.75) is 18.1 Å². The van der Waals surface area contributed by atoms with Gasteiger partial charge in [0.05, 0.1) is 5.25 Å². The fraction of sp³-hybridized carbons (Fsp3) is 1.00. The standard InChI is InChI=1S/C5H11NO2S/c7-9(8)5-1-3-6-4-2-5/h5-6,9H,1-4H2. The molecule has 9 heavy (non-hydrogen) atoms. The molecular formula is C5H11NO2S. The lowest BCUT2D eigenvalue weighted by Gasteiger charge is -2.16. The SMILES string of the molecule is O=[SH](=O)C1CCNCC1. The van der Waals surface area contributed by atoms with E-state index in [0.717, 1.165) is 25.9 Å². The minimum Gasteiger partial charge on any atom is -0.317 e. The summed E-state index contributed by atoms with van der Waals surface area (Å²) in [4.78, 5) is 0. The summed E-state index contributed by atoms with van der Waals surface area (Å²) in [5.41, 5.74) is 0. The van der Waals surface area contributed by atoms with Crippen LogP contribution in [0.5, 0.6) is 0 Å². The van der Waals surface area contributed by atoms with E-state index in [1.807, 2.05) is 0 Å². The normalized spacial score (nSPS) is 22.8. The first-order chi connectivity index (χ1) is 4.30. The molecule has 1 aliphatic heterocycles. The van der Waals surface area contributed by atoms with Gasteiger partial charge in [-0.2, -0.15) is 0 Å². The van der Waals surface area contributed by atoms with Crippen LogP contribution in [-0.2, 0) is 10.7 Å². The molecule has 0 atom stereocenters. The van der Waals surface area contributed by atoms with Gasteiger partial charge in [0.1, 0.15) is 10.7 Å². The Hall–Kier alpha value is -0.0900. The monoisotopic (exact) mass is 149 g/mol. The van der Waals surface area contributed by atoms with Crippen LogP contribution in [0.2, 0.25) is 0 Å². The van der Waals surface area contributed by atoms with Gasteiger partial charge in [0, 0.05) is 0 Å². The van der Waals surface area contributed by atoms with Crippen LogP contribution in [0.3, 0.4) is 0 Å². The number of hydrogen-bond donors (Lipinski definition) is 2. The van der Waals surface area contributed by atoms with Crippen LogP contribution < -0.4 is 5.32 Å². The summed E-state index contributed by atoms with van der Waals surface area (Å²) >= 11 is 0. The quantitative estimate of drug-likeness (QED) is 0.487. The Bertz CT molecular complexity index is 141. The topological polar surface area (TPSA) is 46.2 Å². The average molecular weight is 149 g/mol. The smallest absolute Gasteiger partial charge is 0.143 e. The van der Waals surface area contributed by atoms with Gasteiger partial charge >= 0.3 is 0 Å². The van der Waals surface area contributed by atoms with E-state index in [9.17, 15) is 8.42 Å². The molecule has 0 aliphatic carbocycles. The predicted molar refractivity (Wildman–Crippen MR) is 36.2 cm³/mol. The zero-order valence-electron chi connectivity index (χ0n) is 5.17. The molecule has 0 aromatic carbocycles. The first-order valence-electron chi connectivity index (χ1n) is 3.15. The number of piperidine rings is 1. The largest absolute Gasteiger partial charge is 0.317 e. The fourth-order valence-electron chi connectivity index (χ4n) is 1.02. The Balaban J connectivity index is 2.40. The van der Waals surface area contributed by atoms with Crippen molar-refractivity contribution in [1.29, 1.82) is 0 Å². The summed E-state index contributed by atoms with van der Waals surface area (Å²) in [5, 5.41) is 3.05. The van der Waals surface area contributed by atoms with Gasteiger partial charge in [-0.3, -0.25) is 0 Å². The third-order valence-electron chi connectivity index (χ3n) is 1.61. The first-order valence-corrected chi connectivity index (χ1v) is 4.39. The van der Waals surface area contributed by atoms with Crippen molar-refractivity contribution in [3.8, 4) is 0 Å². The maximum atomic E-state index is 10.4. The third kappa shape index (κ3) is 1.95. The number of thiol groups is 1. The van der Waals surface area contributed by atoms with Crippen molar-refractivity contribution in [2.24, 2.45) is 0 Å². The molecule has 0 bridgehead atoms. The lowest BCUT2D eigenvalue weighted by molar-refractivity contribution is 0.506. The second-order valence-electron chi connectivity index (χ2n) is 2.27. The Labute approximate surface area is 56.4 Å². The van der Waals surface area contributed by atoms with E-state index in [1.54, 1.807) is 0 Å². The molecule has 0 aromatic heterocycles. The molecule has 0 radical (unpaired) electrons. The molecule has 1 rings (SSSR count). The second kappa shape index (κ2) is 3.17. The Morgan fingerprint density at radius 1 is 1.22 bits per heavy atom. The van der Waals surface area contributed by atoms with Crippen molar-refractivity contribution < 1.29 is 8.42 Å². The molecule has 1 fully saturated rings. The van der Waals surface area contributed by atoms with Crippen molar-refractivity contribution in [3.63, 3.8) is 0 Å². The highest BCUT2D eigenvalue weighted by atomic mass is 32.2. The molecule has 1 N–H and O–H groups in total. The predicted octanol–water partition coefficient (Wildman–Crippen LogP) is -0.650. The Kier molecular flexibility index (Phi) is 2.48. The van der Waals surface area contributed by atoms with E-state index < -0.39 is 10.7 Å². The van der Waals surface area contributed by atoms with Crippen LogP contribution in [0.15, 0.2) is 0 Å². The van der Waals surface area contributed by atoms with Gasteiger partial charge in [-0.25, -0.2) is 8.42 Å². The van der Waals surface area contributed by atoms with E-state index in [2.05, 4.69) is 5.32 Å². The van der Waals surface area contributed by atoms with Gasteiger partial charge in [-0.05, 0) is 25.9 Å². The average Bonchev–Trinajstić information content (AvgIpc) is 1.90. The summed E-state index contributed by atoms with van der Waals surface area (Å²) in [6.07, 6.45) is 1.58. The molecule has 0 saturated carbocycles. The summed E-state index contributed by atoms with van der Waals surface area (Å²) < 4.78 is 20.7. The Morgan fingerprint density at radius 3 is 2.11 bits per heavy atom. The first kappa shape index (κ1) is 7.02. The molecular weight excluding hydrogens is 138 g/mol. The zero-order chi connectivity index (χ0) is 6.69. The lowest BCUT2D eigenvalue weighted by Crippen LogP contribution is -2.31. The van der Waals surface area contributed by atoms with Crippen molar-refractivity contribution >= 4 is 10.7 Å². The maximum absolute atomic E-state index is 10.4. The molecule has 3 nitrogen and oxygen atoms in total. The van der Waals surface area contributed by atoms with E-state index in [1.165, 1.54) is 0 Å². The van der Waals surface area contributed by atoms with Gasteiger partial charge in [0.25, 0.3) is 0 Å². The van der Waals surface area contributed by atoms with Crippen molar-refractivity contribution in [2.75, 3.05) is 13.1 Å². The summed E-state index contributed by atoms with van der Waals surface area (Å²) in [5.74, 6) is 0. The Morgan fingerprint density at radius 2 is 1.78 bits per heavy atom. The van der Waals surface area contributed by atoms with Crippen molar-refractivity contribution in [1.82, 2.24) is 5.32 Å².